The largest absolute Gasteiger partial charge is 0.493 e. The summed E-state index contributed by atoms with van der Waals surface area (Å²) in [5.74, 6) is 0.697. The highest BCUT2D eigenvalue weighted by Crippen LogP contribution is 2.32. The number of hydrogen-bond acceptors (Lipinski definition) is 4. The van der Waals surface area contributed by atoms with Crippen LogP contribution in [-0.4, -0.2) is 60.6 Å². The highest BCUT2D eigenvalue weighted by molar-refractivity contribution is 5.94. The van der Waals surface area contributed by atoms with Crippen LogP contribution in [0.1, 0.15) is 79.2 Å². The molecule has 2 aromatic rings. The van der Waals surface area contributed by atoms with Crippen LogP contribution < -0.4 is 10.1 Å². The van der Waals surface area contributed by atoms with Crippen molar-refractivity contribution in [1.29, 1.82) is 0 Å². The quantitative estimate of drug-likeness (QED) is 0.380. The number of unbranched alkanes of at least 4 members (excludes halogenated alkanes) is 1. The number of halogens is 3. The van der Waals surface area contributed by atoms with Gasteiger partial charge in [-0.3, -0.25) is 9.69 Å². The van der Waals surface area contributed by atoms with Gasteiger partial charge in [0.1, 0.15) is 5.75 Å². The van der Waals surface area contributed by atoms with Gasteiger partial charge in [-0.25, -0.2) is 0 Å². The van der Waals surface area contributed by atoms with Crippen molar-refractivity contribution in [2.24, 2.45) is 0 Å². The zero-order valence-electron chi connectivity index (χ0n) is 23.5. The molecule has 5 nitrogen and oxygen atoms in total. The molecule has 2 aromatic carbocycles. The lowest BCUT2D eigenvalue weighted by Crippen LogP contribution is -2.49. The third-order valence-electron chi connectivity index (χ3n) is 7.32. The van der Waals surface area contributed by atoms with E-state index in [2.05, 4.69) is 63.9 Å². The highest BCUT2D eigenvalue weighted by atomic mass is 19.4. The number of nitrogens with zero attached hydrogens (tertiary/aromatic N) is 2. The molecule has 0 radical (unpaired) electrons. The van der Waals surface area contributed by atoms with Gasteiger partial charge in [0, 0.05) is 43.3 Å². The number of nitrogens with one attached hydrogen (secondary N) is 1. The minimum absolute atomic E-state index is 0.134. The minimum atomic E-state index is -4.41. The number of amides is 1. The first-order valence-electron chi connectivity index (χ1n) is 13.5. The molecule has 1 aliphatic rings. The van der Waals surface area contributed by atoms with Crippen LogP contribution in [-0.2, 0) is 6.18 Å². The van der Waals surface area contributed by atoms with Gasteiger partial charge in [-0.15, -0.1) is 0 Å². The van der Waals surface area contributed by atoms with Crippen molar-refractivity contribution in [2.45, 2.75) is 72.1 Å². The monoisotopic (exact) mass is 533 g/mol. The first kappa shape index (κ1) is 30.0. The van der Waals surface area contributed by atoms with Crippen LogP contribution >= 0.6 is 0 Å². The van der Waals surface area contributed by atoms with Crippen LogP contribution in [0.5, 0.6) is 5.75 Å². The predicted octanol–water partition coefficient (Wildman–Crippen LogP) is 6.39. The molecule has 0 aliphatic carbocycles. The van der Waals surface area contributed by atoms with E-state index in [0.29, 0.717) is 32.8 Å². The molecular weight excluding hydrogens is 491 g/mol. The van der Waals surface area contributed by atoms with Crippen molar-refractivity contribution in [3.8, 4) is 5.75 Å². The summed E-state index contributed by atoms with van der Waals surface area (Å²) < 4.78 is 44.6. The number of alkyl halides is 3. The van der Waals surface area contributed by atoms with E-state index in [1.165, 1.54) is 23.3 Å². The van der Waals surface area contributed by atoms with Crippen LogP contribution in [0.25, 0.3) is 0 Å². The smallest absolute Gasteiger partial charge is 0.416 e. The van der Waals surface area contributed by atoms with Gasteiger partial charge in [-0.1, -0.05) is 6.07 Å². The number of carbonyl (C=O) groups excluding carboxylic acids is 1. The zero-order valence-corrected chi connectivity index (χ0v) is 23.5. The zero-order chi connectivity index (χ0) is 28.1. The summed E-state index contributed by atoms with van der Waals surface area (Å²) in [6.45, 7) is 17.1. The molecule has 1 unspecified atom stereocenters. The Balaban J connectivity index is 1.52. The van der Waals surface area contributed by atoms with E-state index in [4.69, 9.17) is 4.74 Å². The maximum atomic E-state index is 12.8. The van der Waals surface area contributed by atoms with Crippen LogP contribution in [0.4, 0.5) is 13.2 Å². The fourth-order valence-electron chi connectivity index (χ4n) is 4.79. The van der Waals surface area contributed by atoms with E-state index in [0.717, 1.165) is 42.8 Å². The highest BCUT2D eigenvalue weighted by Gasteiger charge is 2.31. The Morgan fingerprint density at radius 1 is 0.947 bits per heavy atom. The molecule has 0 aromatic heterocycles. The van der Waals surface area contributed by atoms with E-state index in [1.807, 2.05) is 0 Å². The molecule has 1 N–H and O–H groups in total. The number of ether oxygens (including phenoxy) is 1. The van der Waals surface area contributed by atoms with Crippen molar-refractivity contribution in [1.82, 2.24) is 15.1 Å². The number of benzene rings is 2. The van der Waals surface area contributed by atoms with Crippen LogP contribution in [0.2, 0.25) is 0 Å². The molecule has 38 heavy (non-hydrogen) atoms. The Bertz CT molecular complexity index is 1070. The van der Waals surface area contributed by atoms with Crippen molar-refractivity contribution >= 4 is 5.91 Å². The SMILES string of the molecule is Cc1c(OCCCCNC(C)(C)C)ccc(C(C)N2CCN(C(=O)c3ccc(C(F)(F)F)cc3)CC2)c1C. The Morgan fingerprint density at radius 2 is 1.58 bits per heavy atom. The summed E-state index contributed by atoms with van der Waals surface area (Å²) in [6.07, 6.45) is -2.35. The van der Waals surface area contributed by atoms with Crippen molar-refractivity contribution in [3.05, 3.63) is 64.2 Å². The van der Waals surface area contributed by atoms with Gasteiger partial charge in [0.05, 0.1) is 12.2 Å². The molecule has 1 aliphatic heterocycles. The van der Waals surface area contributed by atoms with E-state index < -0.39 is 11.7 Å². The Hall–Kier alpha value is -2.58. The van der Waals surface area contributed by atoms with Crippen LogP contribution in [0, 0.1) is 13.8 Å². The normalized spacial score (nSPS) is 16.0. The first-order chi connectivity index (χ1) is 17.8. The third-order valence-corrected chi connectivity index (χ3v) is 7.32. The Kier molecular flexibility index (Phi) is 9.87. The Labute approximate surface area is 225 Å². The number of piperazine rings is 1. The second-order valence-corrected chi connectivity index (χ2v) is 11.2. The molecule has 0 saturated carbocycles. The molecule has 8 heteroatoms. The molecule has 1 amide bonds. The lowest BCUT2D eigenvalue weighted by atomic mass is 9.96. The van der Waals surface area contributed by atoms with Gasteiger partial charge >= 0.3 is 6.18 Å². The predicted molar refractivity (Wildman–Crippen MR) is 146 cm³/mol. The molecule has 1 atom stereocenters. The minimum Gasteiger partial charge on any atom is -0.493 e. The summed E-state index contributed by atoms with van der Waals surface area (Å²) in [6, 6.07) is 8.84. The van der Waals surface area contributed by atoms with E-state index >= 15 is 0 Å². The van der Waals surface area contributed by atoms with Crippen molar-refractivity contribution in [3.63, 3.8) is 0 Å². The average molecular weight is 534 g/mol. The van der Waals surface area contributed by atoms with Gasteiger partial charge in [-0.2, -0.15) is 13.2 Å². The van der Waals surface area contributed by atoms with E-state index in [1.54, 1.807) is 4.90 Å². The molecule has 1 saturated heterocycles. The molecule has 3 rings (SSSR count). The maximum Gasteiger partial charge on any atom is 0.416 e. The molecule has 0 bridgehead atoms. The number of hydrogen-bond donors (Lipinski definition) is 1. The summed E-state index contributed by atoms with van der Waals surface area (Å²) in [5, 5.41) is 3.50. The fraction of sp³-hybridized carbons (Fsp3) is 0.567. The average Bonchev–Trinajstić information content (AvgIpc) is 2.86. The number of carbonyl (C=O) groups is 1. The van der Waals surface area contributed by atoms with Crippen LogP contribution in [0.3, 0.4) is 0 Å². The second-order valence-electron chi connectivity index (χ2n) is 11.2. The lowest BCUT2D eigenvalue weighted by molar-refractivity contribution is -0.137. The van der Waals surface area contributed by atoms with Gasteiger partial charge < -0.3 is 15.0 Å². The third kappa shape index (κ3) is 7.96. The molecule has 1 fully saturated rings. The van der Waals surface area contributed by atoms with Gasteiger partial charge in [-0.05, 0) is 108 Å². The molecular formula is C30H42F3N3O2. The number of rotatable bonds is 9. The summed E-state index contributed by atoms with van der Waals surface area (Å²) >= 11 is 0. The van der Waals surface area contributed by atoms with Crippen molar-refractivity contribution < 1.29 is 22.7 Å². The van der Waals surface area contributed by atoms with Gasteiger partial charge in [0.15, 0.2) is 0 Å². The van der Waals surface area contributed by atoms with E-state index in [9.17, 15) is 18.0 Å². The maximum absolute atomic E-state index is 12.8. The molecule has 1 heterocycles. The first-order valence-corrected chi connectivity index (χ1v) is 13.5. The topological polar surface area (TPSA) is 44.8 Å². The Morgan fingerprint density at radius 3 is 2.16 bits per heavy atom. The van der Waals surface area contributed by atoms with Gasteiger partial charge in [0.25, 0.3) is 5.91 Å². The summed E-state index contributed by atoms with van der Waals surface area (Å²) in [7, 11) is 0. The second kappa shape index (κ2) is 12.5. The standard InChI is InChI=1S/C30H42F3N3O2/c1-21-22(2)27(38-20-8-7-15-34-29(4,5)6)14-13-26(21)23(3)35-16-18-36(19-17-35)28(37)24-9-11-25(12-10-24)30(31,32)33/h9-14,23,34H,7-8,15-20H2,1-6H3. The molecule has 210 valence electrons. The van der Waals surface area contributed by atoms with Crippen LogP contribution in [0.15, 0.2) is 36.4 Å². The van der Waals surface area contributed by atoms with Gasteiger partial charge in [0.2, 0.25) is 0 Å². The summed E-state index contributed by atoms with van der Waals surface area (Å²) in [4.78, 5) is 16.9. The molecule has 0 spiro atoms. The summed E-state index contributed by atoms with van der Waals surface area (Å²) in [5.41, 5.74) is 3.28. The fourth-order valence-corrected chi connectivity index (χ4v) is 4.79. The lowest BCUT2D eigenvalue weighted by Gasteiger charge is -2.39. The van der Waals surface area contributed by atoms with Crippen molar-refractivity contribution in [2.75, 3.05) is 39.3 Å². The van der Waals surface area contributed by atoms with E-state index in [-0.39, 0.29) is 23.1 Å².